The van der Waals surface area contributed by atoms with Gasteiger partial charge >= 0.3 is 0 Å². The van der Waals surface area contributed by atoms with Crippen LogP contribution in [0.2, 0.25) is 0 Å². The minimum Gasteiger partial charge on any atom is -0.497 e. The fourth-order valence-electron chi connectivity index (χ4n) is 3.52. The number of rotatable bonds is 3. The van der Waals surface area contributed by atoms with Gasteiger partial charge in [0.05, 0.1) is 13.2 Å². The molecule has 0 amide bonds. The van der Waals surface area contributed by atoms with Crippen LogP contribution in [0.5, 0.6) is 5.75 Å². The molecule has 0 saturated carbocycles. The first-order chi connectivity index (χ1) is 12.2. The van der Waals surface area contributed by atoms with Gasteiger partial charge in [-0.05, 0) is 37.0 Å². The molecule has 0 spiro atoms. The number of benzene rings is 1. The lowest BCUT2D eigenvalue weighted by Crippen LogP contribution is -2.34. The quantitative estimate of drug-likeness (QED) is 0.655. The van der Waals surface area contributed by atoms with Gasteiger partial charge in [-0.3, -0.25) is 0 Å². The molecule has 28 heavy (non-hydrogen) atoms. The van der Waals surface area contributed by atoms with Crippen LogP contribution in [0.15, 0.2) is 24.3 Å². The van der Waals surface area contributed by atoms with Gasteiger partial charge in [-0.25, -0.2) is 0 Å². The predicted molar refractivity (Wildman–Crippen MR) is 122 cm³/mol. The van der Waals surface area contributed by atoms with Crippen molar-refractivity contribution in [2.75, 3.05) is 48.0 Å². The van der Waals surface area contributed by atoms with E-state index < -0.39 is 0 Å². The minimum atomic E-state index is 0. The molecule has 1 unspecified atom stereocenters. The van der Waals surface area contributed by atoms with Gasteiger partial charge in [0, 0.05) is 19.6 Å². The maximum Gasteiger partial charge on any atom is 0.224 e. The molecule has 1 atom stereocenters. The zero-order chi connectivity index (χ0) is 17.2. The highest BCUT2D eigenvalue weighted by molar-refractivity contribution is 5.86. The van der Waals surface area contributed by atoms with Crippen LogP contribution in [0.3, 0.4) is 0 Å². The predicted octanol–water partition coefficient (Wildman–Crippen LogP) is 3.90. The van der Waals surface area contributed by atoms with Crippen LogP contribution in [-0.4, -0.2) is 36.7 Å². The van der Waals surface area contributed by atoms with Gasteiger partial charge in [0.15, 0.2) is 11.6 Å². The maximum absolute atomic E-state index is 5.94. The number of nitrogen functional groups attached to an aromatic ring is 1. The standard InChI is InChI=1S/C18H24N6O.3ClH/c1-25-13-7-5-12(6-8-13)14-11-20-16-15(21-14)17(23-18(19)22-16)24-9-3-2-4-10-24;;;/h5-8,14,21H,2-4,9-11H2,1H3,(H3,19,20,22,23);3*1H. The van der Waals surface area contributed by atoms with Crippen molar-refractivity contribution in [2.45, 2.75) is 25.3 Å². The van der Waals surface area contributed by atoms with E-state index in [-0.39, 0.29) is 43.3 Å². The summed E-state index contributed by atoms with van der Waals surface area (Å²) in [7, 11) is 1.68. The molecule has 1 fully saturated rings. The Balaban J connectivity index is 0.00000131. The number of ether oxygens (including phenoxy) is 1. The van der Waals surface area contributed by atoms with Gasteiger partial charge < -0.3 is 26.0 Å². The summed E-state index contributed by atoms with van der Waals surface area (Å²) >= 11 is 0. The summed E-state index contributed by atoms with van der Waals surface area (Å²) in [5, 5.41) is 7.03. The van der Waals surface area contributed by atoms with E-state index in [0.29, 0.717) is 5.95 Å². The smallest absolute Gasteiger partial charge is 0.224 e. The molecule has 1 saturated heterocycles. The van der Waals surface area contributed by atoms with Crippen LogP contribution < -0.4 is 26.0 Å². The normalized spacial score (nSPS) is 17.5. The number of aromatic nitrogens is 2. The Labute approximate surface area is 184 Å². The summed E-state index contributed by atoms with van der Waals surface area (Å²) in [4.78, 5) is 11.2. The van der Waals surface area contributed by atoms with Crippen LogP contribution >= 0.6 is 37.2 Å². The van der Waals surface area contributed by atoms with Crippen molar-refractivity contribution >= 4 is 60.5 Å². The average molecular weight is 450 g/mol. The summed E-state index contributed by atoms with van der Waals surface area (Å²) in [6, 6.07) is 8.29. The van der Waals surface area contributed by atoms with Crippen LogP contribution in [0.1, 0.15) is 30.9 Å². The molecule has 4 rings (SSSR count). The second-order valence-corrected chi connectivity index (χ2v) is 6.53. The summed E-state index contributed by atoms with van der Waals surface area (Å²) in [6.45, 7) is 2.77. The van der Waals surface area contributed by atoms with Crippen LogP contribution in [0.25, 0.3) is 0 Å². The molecule has 1 aromatic carbocycles. The first-order valence-corrected chi connectivity index (χ1v) is 8.81. The van der Waals surface area contributed by atoms with E-state index in [0.717, 1.165) is 42.7 Å². The highest BCUT2D eigenvalue weighted by atomic mass is 35.5. The number of methoxy groups -OCH3 is 1. The van der Waals surface area contributed by atoms with Crippen LogP contribution in [-0.2, 0) is 0 Å². The van der Waals surface area contributed by atoms with Crippen molar-refractivity contribution in [1.82, 2.24) is 9.97 Å². The first-order valence-electron chi connectivity index (χ1n) is 8.81. The Morgan fingerprint density at radius 1 is 1.04 bits per heavy atom. The van der Waals surface area contributed by atoms with Crippen molar-refractivity contribution < 1.29 is 4.74 Å². The summed E-state index contributed by atoms with van der Waals surface area (Å²) in [6.07, 6.45) is 3.65. The molecule has 3 heterocycles. The second kappa shape index (κ2) is 10.6. The number of nitrogens with one attached hydrogen (secondary N) is 2. The Kier molecular flexibility index (Phi) is 9.20. The zero-order valence-corrected chi connectivity index (χ0v) is 18.1. The lowest BCUT2D eigenvalue weighted by molar-refractivity contribution is 0.414. The SMILES string of the molecule is COc1ccc(C2CNc3nc(N)nc(N4CCCCC4)c3N2)cc1.Cl.Cl.Cl. The molecule has 10 heteroatoms. The Bertz CT molecular complexity index is 756. The molecule has 2 aromatic rings. The van der Waals surface area contributed by atoms with Gasteiger partial charge in [0.2, 0.25) is 5.95 Å². The fraction of sp³-hybridized carbons (Fsp3) is 0.444. The summed E-state index contributed by atoms with van der Waals surface area (Å²) in [5.74, 6) is 2.88. The van der Waals surface area contributed by atoms with Crippen molar-refractivity contribution in [3.63, 3.8) is 0 Å². The number of hydrogen-bond donors (Lipinski definition) is 3. The van der Waals surface area contributed by atoms with Crippen molar-refractivity contribution in [3.05, 3.63) is 29.8 Å². The molecule has 0 radical (unpaired) electrons. The van der Waals surface area contributed by atoms with Gasteiger partial charge in [0.1, 0.15) is 11.4 Å². The molecule has 2 aliphatic heterocycles. The number of hydrogen-bond acceptors (Lipinski definition) is 7. The molecule has 7 nitrogen and oxygen atoms in total. The van der Waals surface area contributed by atoms with E-state index in [4.69, 9.17) is 10.5 Å². The Hall–Kier alpha value is -1.83. The van der Waals surface area contributed by atoms with Crippen molar-refractivity contribution in [2.24, 2.45) is 0 Å². The van der Waals surface area contributed by atoms with Gasteiger partial charge in [-0.15, -0.1) is 37.2 Å². The fourth-order valence-corrected chi connectivity index (χ4v) is 3.52. The Morgan fingerprint density at radius 2 is 1.71 bits per heavy atom. The number of halogens is 3. The molecule has 0 aliphatic carbocycles. The number of nitrogens with two attached hydrogens (primary N) is 1. The summed E-state index contributed by atoms with van der Waals surface area (Å²) < 4.78 is 5.25. The van der Waals surface area contributed by atoms with E-state index in [1.54, 1.807) is 7.11 Å². The molecular formula is C18H27Cl3N6O. The van der Waals surface area contributed by atoms with Crippen molar-refractivity contribution in [3.8, 4) is 5.75 Å². The highest BCUT2D eigenvalue weighted by Crippen LogP contribution is 2.38. The van der Waals surface area contributed by atoms with E-state index in [1.807, 2.05) is 12.1 Å². The Morgan fingerprint density at radius 3 is 2.36 bits per heavy atom. The van der Waals surface area contributed by atoms with E-state index in [9.17, 15) is 0 Å². The first kappa shape index (κ1) is 24.2. The summed E-state index contributed by atoms with van der Waals surface area (Å²) in [5.41, 5.74) is 8.08. The molecular weight excluding hydrogens is 423 g/mol. The van der Waals surface area contributed by atoms with Gasteiger partial charge in [-0.1, -0.05) is 12.1 Å². The molecule has 4 N–H and O–H groups in total. The largest absolute Gasteiger partial charge is 0.497 e. The maximum atomic E-state index is 5.94. The number of nitrogens with zero attached hydrogens (tertiary/aromatic N) is 3. The average Bonchev–Trinajstić information content (AvgIpc) is 2.68. The van der Waals surface area contributed by atoms with Crippen molar-refractivity contribution in [1.29, 1.82) is 0 Å². The topological polar surface area (TPSA) is 88.3 Å². The zero-order valence-electron chi connectivity index (χ0n) is 15.7. The molecule has 1 aromatic heterocycles. The molecule has 156 valence electrons. The molecule has 2 aliphatic rings. The van der Waals surface area contributed by atoms with Gasteiger partial charge in [0.25, 0.3) is 0 Å². The second-order valence-electron chi connectivity index (χ2n) is 6.53. The lowest BCUT2D eigenvalue weighted by Gasteiger charge is -2.34. The number of piperidine rings is 1. The van der Waals surface area contributed by atoms with E-state index in [1.165, 1.54) is 24.8 Å². The number of fused-ring (bicyclic) bond motifs is 1. The van der Waals surface area contributed by atoms with E-state index in [2.05, 4.69) is 37.6 Å². The lowest BCUT2D eigenvalue weighted by atomic mass is 10.0. The monoisotopic (exact) mass is 448 g/mol. The van der Waals surface area contributed by atoms with E-state index >= 15 is 0 Å². The minimum absolute atomic E-state index is 0. The third-order valence-corrected chi connectivity index (χ3v) is 4.87. The van der Waals surface area contributed by atoms with Crippen LogP contribution in [0.4, 0.5) is 23.3 Å². The molecule has 0 bridgehead atoms. The third-order valence-electron chi connectivity index (χ3n) is 4.87. The highest BCUT2D eigenvalue weighted by Gasteiger charge is 2.27. The van der Waals surface area contributed by atoms with Gasteiger partial charge in [-0.2, -0.15) is 9.97 Å². The third kappa shape index (κ3) is 4.96. The number of anilines is 4. The van der Waals surface area contributed by atoms with Crippen LogP contribution in [0, 0.1) is 0 Å².